The van der Waals surface area contributed by atoms with Crippen molar-refractivity contribution in [2.75, 3.05) is 13.6 Å². The van der Waals surface area contributed by atoms with Gasteiger partial charge in [0.25, 0.3) is 0 Å². The van der Waals surface area contributed by atoms with E-state index in [4.69, 9.17) is 0 Å². The first-order valence-corrected chi connectivity index (χ1v) is 8.40. The maximum Gasteiger partial charge on any atom is 0.356 e. The number of carbonyl (C=O) groups is 2. The lowest BCUT2D eigenvalue weighted by molar-refractivity contribution is -0.120. The summed E-state index contributed by atoms with van der Waals surface area (Å²) in [5, 5.41) is 11.7. The fraction of sp³-hybridized carbons (Fsp3) is 0.214. The van der Waals surface area contributed by atoms with Crippen molar-refractivity contribution in [2.24, 2.45) is 0 Å². The van der Waals surface area contributed by atoms with E-state index in [-0.39, 0.29) is 22.8 Å². The minimum atomic E-state index is -3.97. The quantitative estimate of drug-likeness (QED) is 0.792. The predicted octanol–water partition coefficient (Wildman–Crippen LogP) is -0.179. The van der Waals surface area contributed by atoms with Crippen LogP contribution in [-0.4, -0.2) is 52.8 Å². The van der Waals surface area contributed by atoms with Crippen molar-refractivity contribution >= 4 is 21.9 Å². The van der Waals surface area contributed by atoms with Crippen molar-refractivity contribution in [1.82, 2.24) is 19.2 Å². The van der Waals surface area contributed by atoms with Gasteiger partial charge < -0.3 is 10.4 Å². The van der Waals surface area contributed by atoms with Gasteiger partial charge in [0.2, 0.25) is 15.9 Å². The molecule has 126 valence electrons. The molecule has 0 saturated carbocycles. The summed E-state index contributed by atoms with van der Waals surface area (Å²) < 4.78 is 28.1. The number of imidazole rings is 1. The predicted molar refractivity (Wildman–Crippen MR) is 82.2 cm³/mol. The van der Waals surface area contributed by atoms with Gasteiger partial charge in [0, 0.05) is 7.05 Å². The molecule has 1 amide bonds. The zero-order valence-electron chi connectivity index (χ0n) is 12.6. The van der Waals surface area contributed by atoms with Crippen LogP contribution < -0.4 is 5.32 Å². The number of carboxylic acid groups (broad SMARTS) is 1. The summed E-state index contributed by atoms with van der Waals surface area (Å²) in [6, 6.07) is 6.19. The van der Waals surface area contributed by atoms with E-state index in [1.165, 1.54) is 24.0 Å². The topological polar surface area (TPSA) is 122 Å². The Labute approximate surface area is 137 Å². The van der Waals surface area contributed by atoms with Crippen molar-refractivity contribution in [3.8, 4) is 5.69 Å². The van der Waals surface area contributed by atoms with Gasteiger partial charge in [0.05, 0.1) is 24.5 Å². The van der Waals surface area contributed by atoms with E-state index in [1.807, 2.05) is 0 Å². The number of likely N-dealkylation sites (N-methyl/N-ethyl adjacent to an activating group) is 1. The summed E-state index contributed by atoms with van der Waals surface area (Å²) in [6.07, 6.45) is 1.27. The number of sulfonamides is 1. The molecule has 0 spiro atoms. The Bertz CT molecular complexity index is 934. The van der Waals surface area contributed by atoms with Gasteiger partial charge in [0.15, 0.2) is 5.69 Å². The second-order valence-electron chi connectivity index (χ2n) is 5.13. The third-order valence-corrected chi connectivity index (χ3v) is 5.58. The third-order valence-electron chi connectivity index (χ3n) is 3.74. The van der Waals surface area contributed by atoms with Crippen molar-refractivity contribution < 1.29 is 23.1 Å². The first-order valence-electron chi connectivity index (χ1n) is 6.96. The first-order chi connectivity index (χ1) is 11.4. The molecule has 1 aromatic heterocycles. The molecule has 0 fully saturated rings. The highest BCUT2D eigenvalue weighted by Crippen LogP contribution is 2.30. The van der Waals surface area contributed by atoms with Crippen LogP contribution in [0.3, 0.4) is 0 Å². The Morgan fingerprint density at radius 2 is 2.04 bits per heavy atom. The van der Waals surface area contributed by atoms with Gasteiger partial charge in [-0.15, -0.1) is 0 Å². The molecule has 2 N–H and O–H groups in total. The molecule has 0 saturated heterocycles. The van der Waals surface area contributed by atoms with Crippen LogP contribution in [0.2, 0.25) is 0 Å². The molecule has 3 rings (SSSR count). The fourth-order valence-electron chi connectivity index (χ4n) is 2.56. The molecule has 0 bridgehead atoms. The lowest BCUT2D eigenvalue weighted by Crippen LogP contribution is -2.39. The Kier molecular flexibility index (Phi) is 3.85. The molecule has 0 aliphatic carbocycles. The SMILES string of the molecule is CNC(=O)CN1Cc2c(C(=O)O)ncn2-c2ccccc2S1(=O)=O. The zero-order valence-corrected chi connectivity index (χ0v) is 13.4. The minimum Gasteiger partial charge on any atom is -0.476 e. The highest BCUT2D eigenvalue weighted by molar-refractivity contribution is 7.89. The van der Waals surface area contributed by atoms with Gasteiger partial charge in [-0.25, -0.2) is 18.2 Å². The van der Waals surface area contributed by atoms with E-state index >= 15 is 0 Å². The number of hydrogen-bond acceptors (Lipinski definition) is 5. The molecular weight excluding hydrogens is 336 g/mol. The van der Waals surface area contributed by atoms with Crippen LogP contribution in [0.25, 0.3) is 5.69 Å². The zero-order chi connectivity index (χ0) is 17.5. The number of aromatic carboxylic acids is 1. The van der Waals surface area contributed by atoms with Crippen LogP contribution >= 0.6 is 0 Å². The molecule has 1 aromatic carbocycles. The Morgan fingerprint density at radius 3 is 2.71 bits per heavy atom. The van der Waals surface area contributed by atoms with Crippen LogP contribution in [0.15, 0.2) is 35.5 Å². The average molecular weight is 350 g/mol. The van der Waals surface area contributed by atoms with Gasteiger partial charge in [-0.05, 0) is 12.1 Å². The number of para-hydroxylation sites is 1. The fourth-order valence-corrected chi connectivity index (χ4v) is 4.10. The molecule has 1 aliphatic heterocycles. The summed E-state index contributed by atoms with van der Waals surface area (Å²) in [4.78, 5) is 26.9. The summed E-state index contributed by atoms with van der Waals surface area (Å²) in [5.41, 5.74) is 0.246. The second kappa shape index (κ2) is 5.73. The Morgan fingerprint density at radius 1 is 1.33 bits per heavy atom. The molecular formula is C14H14N4O5S. The van der Waals surface area contributed by atoms with E-state index < -0.39 is 28.4 Å². The van der Waals surface area contributed by atoms with Gasteiger partial charge in [-0.1, -0.05) is 12.1 Å². The van der Waals surface area contributed by atoms with Crippen LogP contribution in [0.5, 0.6) is 0 Å². The number of amides is 1. The molecule has 0 unspecified atom stereocenters. The summed E-state index contributed by atoms with van der Waals surface area (Å²) in [5.74, 6) is -1.76. The van der Waals surface area contributed by atoms with Crippen molar-refractivity contribution in [1.29, 1.82) is 0 Å². The van der Waals surface area contributed by atoms with E-state index in [0.29, 0.717) is 5.69 Å². The molecule has 24 heavy (non-hydrogen) atoms. The van der Waals surface area contributed by atoms with Crippen molar-refractivity contribution in [3.63, 3.8) is 0 Å². The van der Waals surface area contributed by atoms with E-state index in [2.05, 4.69) is 10.3 Å². The van der Waals surface area contributed by atoms with E-state index in [0.717, 1.165) is 4.31 Å². The largest absolute Gasteiger partial charge is 0.476 e. The minimum absolute atomic E-state index is 0.0120. The second-order valence-corrected chi connectivity index (χ2v) is 7.04. The van der Waals surface area contributed by atoms with Gasteiger partial charge >= 0.3 is 5.97 Å². The molecule has 2 heterocycles. The number of rotatable bonds is 3. The molecule has 10 heteroatoms. The lowest BCUT2D eigenvalue weighted by atomic mass is 10.2. The lowest BCUT2D eigenvalue weighted by Gasteiger charge is -2.19. The van der Waals surface area contributed by atoms with Crippen LogP contribution in [0.1, 0.15) is 16.2 Å². The molecule has 9 nitrogen and oxygen atoms in total. The molecule has 1 aliphatic rings. The number of carboxylic acids is 1. The summed E-state index contributed by atoms with van der Waals surface area (Å²) in [6.45, 7) is -0.691. The number of carbonyl (C=O) groups excluding carboxylic acids is 1. The third kappa shape index (κ3) is 2.45. The maximum absolute atomic E-state index is 12.9. The smallest absolute Gasteiger partial charge is 0.356 e. The van der Waals surface area contributed by atoms with E-state index in [9.17, 15) is 23.1 Å². The number of fused-ring (bicyclic) bond motifs is 3. The maximum atomic E-state index is 12.9. The summed E-state index contributed by atoms with van der Waals surface area (Å²) >= 11 is 0. The monoisotopic (exact) mass is 350 g/mol. The number of aromatic nitrogens is 2. The van der Waals surface area contributed by atoms with Gasteiger partial charge in [0.1, 0.15) is 11.2 Å². The highest BCUT2D eigenvalue weighted by Gasteiger charge is 2.35. The number of benzene rings is 1. The Hall–Kier alpha value is -2.72. The number of hydrogen-bond donors (Lipinski definition) is 2. The van der Waals surface area contributed by atoms with Gasteiger partial charge in [-0.2, -0.15) is 4.31 Å². The van der Waals surface area contributed by atoms with Gasteiger partial charge in [-0.3, -0.25) is 9.36 Å². The first kappa shape index (κ1) is 16.1. The average Bonchev–Trinajstić information content (AvgIpc) is 2.94. The standard InChI is InChI=1S/C14H14N4O5S/c1-15-12(19)7-17-6-10-13(14(20)21)16-8-18(10)9-4-2-3-5-11(9)24(17,22)23/h2-5,8H,6-7H2,1H3,(H,15,19)(H,20,21). The number of nitrogens with one attached hydrogen (secondary N) is 1. The van der Waals surface area contributed by atoms with Crippen LogP contribution in [0.4, 0.5) is 0 Å². The van der Waals surface area contributed by atoms with Crippen molar-refractivity contribution in [3.05, 3.63) is 42.0 Å². The summed E-state index contributed by atoms with van der Waals surface area (Å²) in [7, 11) is -2.58. The molecule has 2 aromatic rings. The normalized spacial score (nSPS) is 15.9. The Balaban J connectivity index is 2.26. The van der Waals surface area contributed by atoms with Crippen LogP contribution in [-0.2, 0) is 21.4 Å². The van der Waals surface area contributed by atoms with Crippen molar-refractivity contribution in [2.45, 2.75) is 11.4 Å². The molecule has 0 radical (unpaired) electrons. The van der Waals surface area contributed by atoms with E-state index in [1.54, 1.807) is 18.2 Å². The molecule has 0 atom stereocenters. The highest BCUT2D eigenvalue weighted by atomic mass is 32.2. The van der Waals surface area contributed by atoms with Crippen LogP contribution in [0, 0.1) is 0 Å². The number of nitrogens with zero attached hydrogens (tertiary/aromatic N) is 3.